The van der Waals surface area contributed by atoms with E-state index in [4.69, 9.17) is 4.74 Å². The minimum atomic E-state index is -4.44. The Morgan fingerprint density at radius 3 is 1.95 bits per heavy atom. The van der Waals surface area contributed by atoms with Crippen LogP contribution in [0.2, 0.25) is 0 Å². The number of carbonyl (C=O) groups is 2. The number of hydrogen-bond donors (Lipinski definition) is 7. The topological polar surface area (TPSA) is 317 Å². The van der Waals surface area contributed by atoms with Gasteiger partial charge in [0.05, 0.1) is 57.3 Å². The fraction of sp³-hybridized carbons (Fsp3) is 0.121. The van der Waals surface area contributed by atoms with Gasteiger partial charge < -0.3 is 30.9 Å². The second-order valence-electron chi connectivity index (χ2n) is 11.4. The summed E-state index contributed by atoms with van der Waals surface area (Å²) in [5.74, 6) is -3.14. The standard InChI is InChI=1S/C33H30N10O11S2/c1-18-12-21(6-8-26(18)43-42-24-14-19(29(44)45)13-20(15-24)30(46)47)35-32-37-31(34-10-11-55(48,49)50)38-33(39-32)36-27-9-7-23(17-28(27)54-2)41-40-22-4-3-5-25(16-22)56(51,52)53/h3-9,12-17H,10-11H2,1-2H3,(H,44,45)(H,46,47)(H,48,49,50)(H,51,52,53)(H3,34,35,36,37,38,39)/b41-40+,43-42+. The van der Waals surface area contributed by atoms with E-state index in [2.05, 4.69) is 51.4 Å². The third-order valence-corrected chi connectivity index (χ3v) is 8.81. The number of aromatic carboxylic acids is 2. The molecule has 4 aromatic carbocycles. The highest BCUT2D eigenvalue weighted by Gasteiger charge is 2.15. The third kappa shape index (κ3) is 11.3. The van der Waals surface area contributed by atoms with Gasteiger partial charge in [0.15, 0.2) is 0 Å². The molecule has 0 saturated carbocycles. The van der Waals surface area contributed by atoms with Gasteiger partial charge in [-0.25, -0.2) is 9.59 Å². The van der Waals surface area contributed by atoms with E-state index in [1.807, 2.05) is 0 Å². The number of carboxylic acid groups (broad SMARTS) is 2. The summed E-state index contributed by atoms with van der Waals surface area (Å²) in [7, 11) is -7.35. The van der Waals surface area contributed by atoms with Crippen molar-refractivity contribution in [3.05, 3.63) is 95.6 Å². The lowest BCUT2D eigenvalue weighted by Crippen LogP contribution is -2.17. The SMILES string of the molecule is COc1cc(/N=N/c2cccc(S(=O)(=O)O)c2)ccc1Nc1nc(NCCS(=O)(=O)O)nc(Nc2ccc(/N=N/c3cc(C(=O)O)cc(C(=O)O)c3)c(C)c2)n1. The first-order chi connectivity index (χ1) is 26.4. The lowest BCUT2D eigenvalue weighted by Gasteiger charge is -2.13. The molecule has 0 aliphatic heterocycles. The number of nitrogens with zero attached hydrogens (tertiary/aromatic N) is 7. The molecule has 0 aliphatic carbocycles. The highest BCUT2D eigenvalue weighted by Crippen LogP contribution is 2.33. The number of nitrogens with one attached hydrogen (secondary N) is 3. The zero-order valence-corrected chi connectivity index (χ0v) is 30.6. The van der Waals surface area contributed by atoms with Crippen LogP contribution in [0.1, 0.15) is 26.3 Å². The molecule has 0 unspecified atom stereocenters. The van der Waals surface area contributed by atoms with Crippen molar-refractivity contribution in [2.24, 2.45) is 20.5 Å². The van der Waals surface area contributed by atoms with Crippen molar-refractivity contribution in [1.82, 2.24) is 15.0 Å². The van der Waals surface area contributed by atoms with E-state index in [0.29, 0.717) is 28.3 Å². The Morgan fingerprint density at radius 1 is 0.714 bits per heavy atom. The molecule has 1 heterocycles. The molecule has 7 N–H and O–H groups in total. The minimum Gasteiger partial charge on any atom is -0.494 e. The number of methoxy groups -OCH3 is 1. The van der Waals surface area contributed by atoms with Gasteiger partial charge in [-0.15, -0.1) is 0 Å². The smallest absolute Gasteiger partial charge is 0.335 e. The van der Waals surface area contributed by atoms with E-state index in [0.717, 1.165) is 12.1 Å². The number of benzene rings is 4. The second kappa shape index (κ2) is 17.0. The Kier molecular flexibility index (Phi) is 12.2. The fourth-order valence-electron chi connectivity index (χ4n) is 4.65. The van der Waals surface area contributed by atoms with Crippen LogP contribution in [0.5, 0.6) is 5.75 Å². The molecule has 5 rings (SSSR count). The first kappa shape index (κ1) is 40.2. The third-order valence-electron chi connectivity index (χ3n) is 7.24. The minimum absolute atomic E-state index is 0.00571. The average Bonchev–Trinajstić information content (AvgIpc) is 3.13. The van der Waals surface area contributed by atoms with Crippen molar-refractivity contribution in [2.45, 2.75) is 11.8 Å². The molecule has 0 atom stereocenters. The second-order valence-corrected chi connectivity index (χ2v) is 14.4. The summed E-state index contributed by atoms with van der Waals surface area (Å²) in [5.41, 5.74) is 1.75. The molecule has 0 aliphatic rings. The van der Waals surface area contributed by atoms with Gasteiger partial charge in [0.2, 0.25) is 17.8 Å². The van der Waals surface area contributed by atoms with E-state index in [9.17, 15) is 45.7 Å². The average molecular weight is 807 g/mol. The predicted molar refractivity (Wildman–Crippen MR) is 200 cm³/mol. The Balaban J connectivity index is 1.38. The summed E-state index contributed by atoms with van der Waals surface area (Å²) in [4.78, 5) is 35.5. The number of hydrogen-bond acceptors (Lipinski definition) is 17. The van der Waals surface area contributed by atoms with Gasteiger partial charge in [-0.2, -0.15) is 52.2 Å². The molecule has 0 amide bonds. The van der Waals surface area contributed by atoms with Gasteiger partial charge in [-0.05, 0) is 79.2 Å². The number of aryl methyl sites for hydroxylation is 1. The molecule has 0 saturated heterocycles. The van der Waals surface area contributed by atoms with Crippen LogP contribution in [-0.4, -0.2) is 82.5 Å². The molecule has 0 bridgehead atoms. The number of aromatic nitrogens is 3. The van der Waals surface area contributed by atoms with Gasteiger partial charge >= 0.3 is 11.9 Å². The Bertz CT molecular complexity index is 2570. The van der Waals surface area contributed by atoms with E-state index in [1.54, 1.807) is 37.3 Å². The van der Waals surface area contributed by atoms with E-state index < -0.39 is 37.9 Å². The van der Waals surface area contributed by atoms with Gasteiger partial charge in [0.1, 0.15) is 5.75 Å². The van der Waals surface area contributed by atoms with E-state index >= 15 is 0 Å². The van der Waals surface area contributed by atoms with Crippen molar-refractivity contribution < 1.29 is 50.5 Å². The summed E-state index contributed by atoms with van der Waals surface area (Å²) in [6, 6.07) is 18.1. The lowest BCUT2D eigenvalue weighted by molar-refractivity contribution is 0.0696. The van der Waals surface area contributed by atoms with E-state index in [-0.39, 0.29) is 57.5 Å². The van der Waals surface area contributed by atoms with Crippen molar-refractivity contribution in [1.29, 1.82) is 0 Å². The summed E-state index contributed by atoms with van der Waals surface area (Å²) >= 11 is 0. The van der Waals surface area contributed by atoms with Gasteiger partial charge in [-0.1, -0.05) is 6.07 Å². The zero-order valence-electron chi connectivity index (χ0n) is 29.0. The normalized spacial score (nSPS) is 11.8. The molecule has 1 aromatic heterocycles. The lowest BCUT2D eigenvalue weighted by atomic mass is 10.1. The Hall–Kier alpha value is -6.95. The van der Waals surface area contributed by atoms with Crippen LogP contribution in [0, 0.1) is 6.92 Å². The monoisotopic (exact) mass is 806 g/mol. The molecule has 21 nitrogen and oxygen atoms in total. The Labute approximate surface area is 317 Å². The van der Waals surface area contributed by atoms with Crippen LogP contribution < -0.4 is 20.7 Å². The molecule has 290 valence electrons. The summed E-state index contributed by atoms with van der Waals surface area (Å²) in [5, 5.41) is 43.7. The number of carboxylic acids is 2. The van der Waals surface area contributed by atoms with Crippen LogP contribution in [0.25, 0.3) is 0 Å². The summed E-state index contributed by atoms with van der Waals surface area (Å²) < 4.78 is 69.5. The first-order valence-corrected chi connectivity index (χ1v) is 18.8. The van der Waals surface area contributed by atoms with Crippen LogP contribution in [0.3, 0.4) is 0 Å². The highest BCUT2D eigenvalue weighted by atomic mass is 32.2. The van der Waals surface area contributed by atoms with Gasteiger partial charge in [0, 0.05) is 18.3 Å². The largest absolute Gasteiger partial charge is 0.494 e. The first-order valence-electron chi connectivity index (χ1n) is 15.8. The van der Waals surface area contributed by atoms with Gasteiger partial charge in [0.25, 0.3) is 20.2 Å². The molecule has 56 heavy (non-hydrogen) atoms. The molecule has 0 fully saturated rings. The van der Waals surface area contributed by atoms with Crippen molar-refractivity contribution in [3.63, 3.8) is 0 Å². The summed E-state index contributed by atoms with van der Waals surface area (Å²) in [6.45, 7) is 1.46. The number of rotatable bonds is 16. The Morgan fingerprint density at radius 2 is 1.34 bits per heavy atom. The quantitative estimate of drug-likeness (QED) is 0.0416. The zero-order chi connectivity index (χ0) is 40.6. The van der Waals surface area contributed by atoms with Crippen LogP contribution in [-0.2, 0) is 20.2 Å². The highest BCUT2D eigenvalue weighted by molar-refractivity contribution is 7.86. The maximum absolute atomic E-state index is 11.5. The molecular formula is C33H30N10O11S2. The van der Waals surface area contributed by atoms with Crippen molar-refractivity contribution in [2.75, 3.05) is 35.4 Å². The molecular weight excluding hydrogens is 777 g/mol. The summed E-state index contributed by atoms with van der Waals surface area (Å²) in [6.07, 6.45) is 0. The maximum Gasteiger partial charge on any atom is 0.335 e. The molecule has 5 aromatic rings. The fourth-order valence-corrected chi connectivity index (χ4v) is 5.53. The number of ether oxygens (including phenoxy) is 1. The number of azo groups is 2. The molecule has 0 spiro atoms. The molecule has 0 radical (unpaired) electrons. The van der Waals surface area contributed by atoms with Crippen molar-refractivity contribution in [3.8, 4) is 5.75 Å². The van der Waals surface area contributed by atoms with Crippen LogP contribution >= 0.6 is 0 Å². The predicted octanol–water partition coefficient (Wildman–Crippen LogP) is 6.45. The van der Waals surface area contributed by atoms with Crippen LogP contribution in [0.15, 0.2) is 104 Å². The van der Waals surface area contributed by atoms with Gasteiger partial charge in [-0.3, -0.25) is 9.11 Å². The van der Waals surface area contributed by atoms with Crippen molar-refractivity contribution >= 4 is 84.1 Å². The van der Waals surface area contributed by atoms with E-state index in [1.165, 1.54) is 43.5 Å². The molecule has 23 heteroatoms. The maximum atomic E-state index is 11.5. The number of anilines is 5. The van der Waals surface area contributed by atoms with Crippen LogP contribution in [0.4, 0.5) is 52.0 Å².